The van der Waals surface area contributed by atoms with Crippen LogP contribution in [-0.4, -0.2) is 21.5 Å². The normalized spacial score (nSPS) is 10.9. The number of aromatic amines is 1. The van der Waals surface area contributed by atoms with Crippen molar-refractivity contribution in [2.45, 2.75) is 19.9 Å². The van der Waals surface area contributed by atoms with Crippen molar-refractivity contribution in [3.05, 3.63) is 82.6 Å². The summed E-state index contributed by atoms with van der Waals surface area (Å²) in [5.41, 5.74) is 4.52. The molecule has 0 aliphatic carbocycles. The molecule has 0 unspecified atom stereocenters. The van der Waals surface area contributed by atoms with Gasteiger partial charge >= 0.3 is 0 Å². The summed E-state index contributed by atoms with van der Waals surface area (Å²) < 4.78 is 0. The molecule has 2 aromatic carbocycles. The van der Waals surface area contributed by atoms with Crippen molar-refractivity contribution < 1.29 is 0 Å². The van der Waals surface area contributed by atoms with E-state index in [1.165, 1.54) is 10.9 Å². The quantitative estimate of drug-likeness (QED) is 0.405. The molecule has 4 aromatic rings. The number of anilines is 2. The molecule has 2 heterocycles. The van der Waals surface area contributed by atoms with Crippen LogP contribution in [0.1, 0.15) is 16.8 Å². The van der Waals surface area contributed by atoms with Gasteiger partial charge in [0, 0.05) is 47.0 Å². The Morgan fingerprint density at radius 3 is 2.68 bits per heavy atom. The van der Waals surface area contributed by atoms with Crippen LogP contribution in [-0.2, 0) is 13.0 Å². The number of benzene rings is 2. The summed E-state index contributed by atoms with van der Waals surface area (Å²) >= 11 is 5.94. The van der Waals surface area contributed by atoms with Crippen LogP contribution in [0, 0.1) is 6.92 Å². The van der Waals surface area contributed by atoms with Gasteiger partial charge in [0.05, 0.1) is 0 Å². The van der Waals surface area contributed by atoms with Crippen LogP contribution in [0.5, 0.6) is 0 Å². The second-order valence-electron chi connectivity index (χ2n) is 6.73. The van der Waals surface area contributed by atoms with E-state index in [4.69, 9.17) is 11.6 Å². The topological polar surface area (TPSA) is 65.6 Å². The summed E-state index contributed by atoms with van der Waals surface area (Å²) in [5.74, 6) is 1.44. The average Bonchev–Trinajstić information content (AvgIpc) is 3.11. The minimum absolute atomic E-state index is 0.637. The van der Waals surface area contributed by atoms with Gasteiger partial charge in [0.1, 0.15) is 5.82 Å². The summed E-state index contributed by atoms with van der Waals surface area (Å²) in [5, 5.41) is 8.69. The maximum Gasteiger partial charge on any atom is 0.224 e. The molecule has 6 heteroatoms. The zero-order chi connectivity index (χ0) is 19.3. The highest BCUT2D eigenvalue weighted by molar-refractivity contribution is 6.30. The minimum Gasteiger partial charge on any atom is -0.366 e. The molecule has 28 heavy (non-hydrogen) atoms. The third-order valence-electron chi connectivity index (χ3n) is 4.59. The number of nitrogens with zero attached hydrogens (tertiary/aromatic N) is 2. The van der Waals surface area contributed by atoms with Gasteiger partial charge in [-0.15, -0.1) is 0 Å². The summed E-state index contributed by atoms with van der Waals surface area (Å²) in [6.45, 7) is 3.42. The predicted octanol–water partition coefficient (Wildman–Crippen LogP) is 5.19. The van der Waals surface area contributed by atoms with Crippen molar-refractivity contribution in [2.24, 2.45) is 0 Å². The number of nitrogens with one attached hydrogen (secondary N) is 3. The van der Waals surface area contributed by atoms with Gasteiger partial charge in [0.25, 0.3) is 0 Å². The highest BCUT2D eigenvalue weighted by Gasteiger charge is 2.05. The van der Waals surface area contributed by atoms with Gasteiger partial charge < -0.3 is 15.6 Å². The smallest absolute Gasteiger partial charge is 0.224 e. The number of aryl methyl sites for hydroxylation is 1. The molecule has 0 fully saturated rings. The van der Waals surface area contributed by atoms with Gasteiger partial charge in [0.15, 0.2) is 0 Å². The maximum absolute atomic E-state index is 5.94. The van der Waals surface area contributed by atoms with Crippen molar-refractivity contribution in [2.75, 3.05) is 17.2 Å². The van der Waals surface area contributed by atoms with Crippen LogP contribution in [0.15, 0.2) is 60.8 Å². The molecule has 3 N–H and O–H groups in total. The fraction of sp³-hybridized carbons (Fsp3) is 0.182. The first-order valence-electron chi connectivity index (χ1n) is 9.30. The Morgan fingerprint density at radius 2 is 1.82 bits per heavy atom. The van der Waals surface area contributed by atoms with Gasteiger partial charge in [-0.05, 0) is 42.7 Å². The van der Waals surface area contributed by atoms with Crippen LogP contribution >= 0.6 is 11.6 Å². The number of hydrogen-bond acceptors (Lipinski definition) is 4. The Morgan fingerprint density at radius 1 is 1.00 bits per heavy atom. The molecule has 0 aliphatic rings. The van der Waals surface area contributed by atoms with E-state index in [1.54, 1.807) is 0 Å². The van der Waals surface area contributed by atoms with Crippen molar-refractivity contribution in [3.8, 4) is 0 Å². The first kappa shape index (κ1) is 18.3. The average molecular weight is 392 g/mol. The number of para-hydroxylation sites is 1. The van der Waals surface area contributed by atoms with E-state index >= 15 is 0 Å². The monoisotopic (exact) mass is 391 g/mol. The second kappa shape index (κ2) is 8.31. The molecule has 0 bridgehead atoms. The van der Waals surface area contributed by atoms with E-state index in [0.29, 0.717) is 12.5 Å². The summed E-state index contributed by atoms with van der Waals surface area (Å²) in [6.07, 6.45) is 2.97. The zero-order valence-electron chi connectivity index (χ0n) is 15.7. The summed E-state index contributed by atoms with van der Waals surface area (Å²) in [7, 11) is 0. The van der Waals surface area contributed by atoms with Gasteiger partial charge in [0.2, 0.25) is 5.95 Å². The fourth-order valence-corrected chi connectivity index (χ4v) is 3.31. The Labute approximate surface area is 169 Å². The first-order chi connectivity index (χ1) is 13.7. The van der Waals surface area contributed by atoms with Gasteiger partial charge in [-0.3, -0.25) is 0 Å². The number of hydrogen-bond donors (Lipinski definition) is 3. The highest BCUT2D eigenvalue weighted by Crippen LogP contribution is 2.18. The molecule has 2 aromatic heterocycles. The SMILES string of the molecule is Cc1cc(NCc2ccc(Cl)cc2)nc(NCCc2c[nH]c3ccccc23)n1. The molecule has 0 atom stereocenters. The standard InChI is InChI=1S/C22H22ClN5/c1-15-12-21(26-13-16-6-8-18(23)9-7-16)28-22(27-15)24-11-10-17-14-25-20-5-3-2-4-19(17)20/h2-9,12,14,25H,10-11,13H2,1H3,(H2,24,26,27,28). The van der Waals surface area contributed by atoms with Gasteiger partial charge in [-0.1, -0.05) is 41.9 Å². The largest absolute Gasteiger partial charge is 0.366 e. The van der Waals surface area contributed by atoms with Crippen molar-refractivity contribution in [3.63, 3.8) is 0 Å². The van der Waals surface area contributed by atoms with Crippen LogP contribution in [0.3, 0.4) is 0 Å². The van der Waals surface area contributed by atoms with E-state index in [0.717, 1.165) is 40.6 Å². The van der Waals surface area contributed by atoms with Crippen molar-refractivity contribution in [1.82, 2.24) is 15.0 Å². The van der Waals surface area contributed by atoms with E-state index in [-0.39, 0.29) is 0 Å². The highest BCUT2D eigenvalue weighted by atomic mass is 35.5. The second-order valence-corrected chi connectivity index (χ2v) is 7.17. The number of aromatic nitrogens is 3. The van der Waals surface area contributed by atoms with Crippen LogP contribution in [0.2, 0.25) is 5.02 Å². The Kier molecular flexibility index (Phi) is 5.44. The lowest BCUT2D eigenvalue weighted by Gasteiger charge is -2.10. The number of rotatable bonds is 7. The van der Waals surface area contributed by atoms with E-state index in [2.05, 4.69) is 50.0 Å². The third-order valence-corrected chi connectivity index (χ3v) is 4.85. The predicted molar refractivity (Wildman–Crippen MR) is 116 cm³/mol. The fourth-order valence-electron chi connectivity index (χ4n) is 3.18. The molecule has 0 aliphatic heterocycles. The molecule has 0 spiro atoms. The first-order valence-corrected chi connectivity index (χ1v) is 9.68. The Balaban J connectivity index is 1.37. The van der Waals surface area contributed by atoms with Crippen LogP contribution in [0.25, 0.3) is 10.9 Å². The molecule has 5 nitrogen and oxygen atoms in total. The lowest BCUT2D eigenvalue weighted by Crippen LogP contribution is -2.10. The summed E-state index contributed by atoms with van der Waals surface area (Å²) in [4.78, 5) is 12.4. The number of H-pyrrole nitrogens is 1. The van der Waals surface area contributed by atoms with Crippen molar-refractivity contribution in [1.29, 1.82) is 0 Å². The summed E-state index contributed by atoms with van der Waals surface area (Å²) in [6, 6.07) is 18.1. The number of halogens is 1. The van der Waals surface area contributed by atoms with E-state index in [9.17, 15) is 0 Å². The van der Waals surface area contributed by atoms with Crippen LogP contribution < -0.4 is 10.6 Å². The molecule has 0 radical (unpaired) electrons. The zero-order valence-corrected chi connectivity index (χ0v) is 16.4. The van der Waals surface area contributed by atoms with Crippen LogP contribution in [0.4, 0.5) is 11.8 Å². The van der Waals surface area contributed by atoms with Gasteiger partial charge in [-0.2, -0.15) is 4.98 Å². The van der Waals surface area contributed by atoms with Gasteiger partial charge in [-0.25, -0.2) is 4.98 Å². The number of fused-ring (bicyclic) bond motifs is 1. The Bertz CT molecular complexity index is 1070. The molecule has 4 rings (SSSR count). The molecular weight excluding hydrogens is 370 g/mol. The molecule has 142 valence electrons. The minimum atomic E-state index is 0.637. The lowest BCUT2D eigenvalue weighted by molar-refractivity contribution is 0.974. The molecule has 0 saturated heterocycles. The van der Waals surface area contributed by atoms with Crippen molar-refractivity contribution >= 4 is 34.3 Å². The van der Waals surface area contributed by atoms with E-state index < -0.39 is 0 Å². The Hall–Kier alpha value is -3.05. The lowest BCUT2D eigenvalue weighted by atomic mass is 10.1. The molecule has 0 saturated carbocycles. The van der Waals surface area contributed by atoms with E-state index in [1.807, 2.05) is 43.3 Å². The molecule has 0 amide bonds. The third kappa shape index (κ3) is 4.43. The maximum atomic E-state index is 5.94. The molecular formula is C22H22ClN5.